The number of hydrogen-bond donors (Lipinski definition) is 1. The first-order valence-corrected chi connectivity index (χ1v) is 7.04. The zero-order valence-corrected chi connectivity index (χ0v) is 12.6. The smallest absolute Gasteiger partial charge is 0.224 e. The van der Waals surface area contributed by atoms with E-state index < -0.39 is 0 Å². The number of nitrogens with one attached hydrogen (secondary N) is 1. The van der Waals surface area contributed by atoms with Crippen molar-refractivity contribution >= 4 is 23.1 Å². The van der Waals surface area contributed by atoms with E-state index in [1.165, 1.54) is 5.69 Å². The highest BCUT2D eigenvalue weighted by atomic mass is 35.5. The minimum absolute atomic E-state index is 0.286. The number of benzene rings is 1. The second-order valence-corrected chi connectivity index (χ2v) is 5.04. The first-order chi connectivity index (χ1) is 9.65. The van der Waals surface area contributed by atoms with Gasteiger partial charge in [-0.2, -0.15) is 0 Å². The van der Waals surface area contributed by atoms with Crippen molar-refractivity contribution in [3.63, 3.8) is 0 Å². The summed E-state index contributed by atoms with van der Waals surface area (Å²) >= 11 is 5.82. The molecule has 2 rings (SSSR count). The Morgan fingerprint density at radius 2 is 1.95 bits per heavy atom. The molecular formula is C15H19ClN4. The standard InChI is InChI=1S/C15H19ClN4/c1-12-11-14(19-15(16)18-12)17-9-6-10-20(2)13-7-4-3-5-8-13/h3-5,7-8,11H,6,9-10H2,1-2H3,(H,17,18,19). The van der Waals surface area contributed by atoms with E-state index in [0.717, 1.165) is 31.0 Å². The van der Waals surface area contributed by atoms with E-state index in [4.69, 9.17) is 11.6 Å². The van der Waals surface area contributed by atoms with Gasteiger partial charge in [0.15, 0.2) is 0 Å². The van der Waals surface area contributed by atoms with Gasteiger partial charge in [0.1, 0.15) is 5.82 Å². The largest absolute Gasteiger partial charge is 0.375 e. The average molecular weight is 291 g/mol. The highest BCUT2D eigenvalue weighted by Gasteiger charge is 2.01. The van der Waals surface area contributed by atoms with Gasteiger partial charge >= 0.3 is 0 Å². The van der Waals surface area contributed by atoms with Crippen LogP contribution in [-0.4, -0.2) is 30.1 Å². The van der Waals surface area contributed by atoms with Gasteiger partial charge in [-0.3, -0.25) is 0 Å². The van der Waals surface area contributed by atoms with E-state index >= 15 is 0 Å². The summed E-state index contributed by atoms with van der Waals surface area (Å²) < 4.78 is 0. The molecule has 0 aliphatic carbocycles. The number of aryl methyl sites for hydroxylation is 1. The topological polar surface area (TPSA) is 41.0 Å². The van der Waals surface area contributed by atoms with Crippen LogP contribution < -0.4 is 10.2 Å². The maximum atomic E-state index is 5.82. The minimum Gasteiger partial charge on any atom is -0.375 e. The Morgan fingerprint density at radius 1 is 1.20 bits per heavy atom. The maximum Gasteiger partial charge on any atom is 0.224 e. The highest BCUT2D eigenvalue weighted by molar-refractivity contribution is 6.28. The van der Waals surface area contributed by atoms with Crippen LogP contribution in [0.5, 0.6) is 0 Å². The van der Waals surface area contributed by atoms with E-state index in [2.05, 4.69) is 51.5 Å². The summed E-state index contributed by atoms with van der Waals surface area (Å²) in [5.41, 5.74) is 2.10. The van der Waals surface area contributed by atoms with Crippen LogP contribution in [0.25, 0.3) is 0 Å². The first-order valence-electron chi connectivity index (χ1n) is 6.66. The zero-order valence-electron chi connectivity index (χ0n) is 11.8. The van der Waals surface area contributed by atoms with Gasteiger partial charge in [-0.1, -0.05) is 18.2 Å². The maximum absolute atomic E-state index is 5.82. The molecular weight excluding hydrogens is 272 g/mol. The van der Waals surface area contributed by atoms with Gasteiger partial charge in [-0.15, -0.1) is 0 Å². The van der Waals surface area contributed by atoms with Crippen LogP contribution in [-0.2, 0) is 0 Å². The lowest BCUT2D eigenvalue weighted by atomic mass is 10.3. The lowest BCUT2D eigenvalue weighted by Gasteiger charge is -2.19. The second kappa shape index (κ2) is 7.10. The number of rotatable bonds is 6. The summed E-state index contributed by atoms with van der Waals surface area (Å²) in [5.74, 6) is 0.782. The van der Waals surface area contributed by atoms with Gasteiger partial charge in [0.25, 0.3) is 0 Å². The van der Waals surface area contributed by atoms with Crippen LogP contribution in [0.1, 0.15) is 12.1 Å². The monoisotopic (exact) mass is 290 g/mol. The van der Waals surface area contributed by atoms with Crippen molar-refractivity contribution in [1.82, 2.24) is 9.97 Å². The molecule has 1 N–H and O–H groups in total. The third kappa shape index (κ3) is 4.38. The Morgan fingerprint density at radius 3 is 2.65 bits per heavy atom. The van der Waals surface area contributed by atoms with Crippen molar-refractivity contribution in [3.8, 4) is 0 Å². The number of aromatic nitrogens is 2. The fraction of sp³-hybridized carbons (Fsp3) is 0.333. The lowest BCUT2D eigenvalue weighted by Crippen LogP contribution is -2.20. The summed E-state index contributed by atoms with van der Waals surface area (Å²) in [5, 5.41) is 3.56. The van der Waals surface area contributed by atoms with Gasteiger partial charge in [0.2, 0.25) is 5.28 Å². The van der Waals surface area contributed by atoms with Gasteiger partial charge < -0.3 is 10.2 Å². The molecule has 1 heterocycles. The molecule has 2 aromatic rings. The molecule has 1 aromatic heterocycles. The van der Waals surface area contributed by atoms with Crippen LogP contribution in [0, 0.1) is 6.92 Å². The SMILES string of the molecule is Cc1cc(NCCCN(C)c2ccccc2)nc(Cl)n1. The van der Waals surface area contributed by atoms with Crippen LogP contribution in [0.4, 0.5) is 11.5 Å². The van der Waals surface area contributed by atoms with E-state index in [0.29, 0.717) is 0 Å². The van der Waals surface area contributed by atoms with Crippen molar-refractivity contribution in [2.75, 3.05) is 30.4 Å². The number of hydrogen-bond acceptors (Lipinski definition) is 4. The van der Waals surface area contributed by atoms with Crippen molar-refractivity contribution in [2.45, 2.75) is 13.3 Å². The highest BCUT2D eigenvalue weighted by Crippen LogP contribution is 2.12. The normalized spacial score (nSPS) is 10.3. The van der Waals surface area contributed by atoms with Crippen LogP contribution in [0.3, 0.4) is 0 Å². The Kier molecular flexibility index (Phi) is 5.18. The summed E-state index contributed by atoms with van der Waals surface area (Å²) in [7, 11) is 2.10. The molecule has 0 saturated heterocycles. The van der Waals surface area contributed by atoms with Gasteiger partial charge in [-0.25, -0.2) is 9.97 Å². The van der Waals surface area contributed by atoms with Crippen LogP contribution >= 0.6 is 11.6 Å². The molecule has 1 aromatic carbocycles. The molecule has 0 radical (unpaired) electrons. The van der Waals surface area contributed by atoms with Crippen molar-refractivity contribution < 1.29 is 0 Å². The molecule has 0 unspecified atom stereocenters. The minimum atomic E-state index is 0.286. The molecule has 0 bridgehead atoms. The fourth-order valence-corrected chi connectivity index (χ4v) is 2.19. The second-order valence-electron chi connectivity index (χ2n) is 4.70. The van der Waals surface area contributed by atoms with Crippen molar-refractivity contribution in [1.29, 1.82) is 0 Å². The summed E-state index contributed by atoms with van der Waals surface area (Å²) in [6, 6.07) is 12.3. The molecule has 5 heteroatoms. The summed E-state index contributed by atoms with van der Waals surface area (Å²) in [4.78, 5) is 10.4. The van der Waals surface area contributed by atoms with Crippen LogP contribution in [0.2, 0.25) is 5.28 Å². The lowest BCUT2D eigenvalue weighted by molar-refractivity contribution is 0.813. The van der Waals surface area contributed by atoms with Crippen molar-refractivity contribution in [3.05, 3.63) is 47.4 Å². The Hall–Kier alpha value is -1.81. The van der Waals surface area contributed by atoms with E-state index in [9.17, 15) is 0 Å². The number of para-hydroxylation sites is 1. The number of halogens is 1. The third-order valence-corrected chi connectivity index (χ3v) is 3.17. The molecule has 20 heavy (non-hydrogen) atoms. The molecule has 0 atom stereocenters. The molecule has 106 valence electrons. The Balaban J connectivity index is 1.76. The van der Waals surface area contributed by atoms with Crippen molar-refractivity contribution in [2.24, 2.45) is 0 Å². The predicted octanol–water partition coefficient (Wildman–Crippen LogP) is 3.38. The van der Waals surface area contributed by atoms with Gasteiger partial charge in [-0.05, 0) is 37.1 Å². The first kappa shape index (κ1) is 14.6. The average Bonchev–Trinajstić information content (AvgIpc) is 2.43. The molecule has 0 saturated carbocycles. The van der Waals surface area contributed by atoms with Gasteiger partial charge in [0.05, 0.1) is 0 Å². The Labute approximate surface area is 124 Å². The molecule has 0 aliphatic rings. The summed E-state index contributed by atoms with van der Waals surface area (Å²) in [6.45, 7) is 3.74. The molecule has 0 spiro atoms. The summed E-state index contributed by atoms with van der Waals surface area (Å²) in [6.07, 6.45) is 1.02. The third-order valence-electron chi connectivity index (χ3n) is 3.00. The molecule has 0 amide bonds. The molecule has 0 fully saturated rings. The molecule has 4 nitrogen and oxygen atoms in total. The zero-order chi connectivity index (χ0) is 14.4. The van der Waals surface area contributed by atoms with Gasteiger partial charge in [0, 0.05) is 37.6 Å². The van der Waals surface area contributed by atoms with E-state index in [1.807, 2.05) is 19.1 Å². The number of nitrogens with zero attached hydrogens (tertiary/aromatic N) is 3. The predicted molar refractivity (Wildman–Crippen MR) is 84.6 cm³/mol. The molecule has 0 aliphatic heterocycles. The van der Waals surface area contributed by atoms with E-state index in [1.54, 1.807) is 0 Å². The Bertz CT molecular complexity index is 525. The van der Waals surface area contributed by atoms with E-state index in [-0.39, 0.29) is 5.28 Å². The quantitative estimate of drug-likeness (QED) is 0.654. The number of anilines is 2. The van der Waals surface area contributed by atoms with Crippen LogP contribution in [0.15, 0.2) is 36.4 Å². The fourth-order valence-electron chi connectivity index (χ4n) is 1.97.